The van der Waals surface area contributed by atoms with E-state index in [0.29, 0.717) is 18.5 Å². The summed E-state index contributed by atoms with van der Waals surface area (Å²) >= 11 is 0. The van der Waals surface area contributed by atoms with Crippen molar-refractivity contribution in [2.24, 2.45) is 0 Å². The Bertz CT molecular complexity index is 489. The van der Waals surface area contributed by atoms with Gasteiger partial charge in [0, 0.05) is 12.1 Å². The Morgan fingerprint density at radius 1 is 1.50 bits per heavy atom. The molecule has 1 aliphatic heterocycles. The number of nitrogens with one attached hydrogen (secondary N) is 1. The maximum absolute atomic E-state index is 14.3. The van der Waals surface area contributed by atoms with E-state index >= 15 is 0 Å². The van der Waals surface area contributed by atoms with Crippen molar-refractivity contribution in [3.05, 3.63) is 23.0 Å². The average Bonchev–Trinajstić information content (AvgIpc) is 2.37. The molecule has 1 aromatic carbocycles. The van der Waals surface area contributed by atoms with Gasteiger partial charge >= 0.3 is 5.97 Å². The third-order valence-corrected chi connectivity index (χ3v) is 3.01. The van der Waals surface area contributed by atoms with Crippen LogP contribution in [0.1, 0.15) is 17.2 Å². The molecule has 1 aliphatic rings. The first kappa shape index (κ1) is 12.6. The highest BCUT2D eigenvalue weighted by Crippen LogP contribution is 2.38. The van der Waals surface area contributed by atoms with Crippen LogP contribution in [0.4, 0.5) is 4.39 Å². The van der Waals surface area contributed by atoms with E-state index in [-0.39, 0.29) is 17.1 Å². The fourth-order valence-corrected chi connectivity index (χ4v) is 2.20. The molecule has 18 heavy (non-hydrogen) atoms. The zero-order valence-electron chi connectivity index (χ0n) is 10.1. The summed E-state index contributed by atoms with van der Waals surface area (Å²) in [5, 5.41) is 11.9. The average molecular weight is 255 g/mol. The normalized spacial score (nSPS) is 18.1. The Balaban J connectivity index is 2.63. The second-order valence-corrected chi connectivity index (χ2v) is 3.97. The van der Waals surface area contributed by atoms with Crippen molar-refractivity contribution in [3.8, 4) is 11.5 Å². The third-order valence-electron chi connectivity index (χ3n) is 3.01. The molecule has 98 valence electrons. The minimum Gasteiger partial charge on any atom is -0.493 e. The smallest absolute Gasteiger partial charge is 0.325 e. The SMILES string of the molecule is COc1cc2c(c(F)c1OC)C(C(=O)O)NCC2. The molecule has 0 bridgehead atoms. The monoisotopic (exact) mass is 255 g/mol. The van der Waals surface area contributed by atoms with Gasteiger partial charge in [-0.3, -0.25) is 4.79 Å². The molecule has 0 radical (unpaired) electrons. The summed E-state index contributed by atoms with van der Waals surface area (Å²) in [6, 6.07) is 0.585. The summed E-state index contributed by atoms with van der Waals surface area (Å²) in [7, 11) is 2.73. The molecule has 2 rings (SSSR count). The summed E-state index contributed by atoms with van der Waals surface area (Å²) in [4.78, 5) is 11.1. The zero-order chi connectivity index (χ0) is 13.3. The number of carbonyl (C=O) groups is 1. The molecular formula is C12H14FNO4. The second-order valence-electron chi connectivity index (χ2n) is 3.97. The molecule has 0 spiro atoms. The Kier molecular flexibility index (Phi) is 3.38. The van der Waals surface area contributed by atoms with Gasteiger partial charge in [-0.05, 0) is 18.1 Å². The van der Waals surface area contributed by atoms with Crippen molar-refractivity contribution in [1.29, 1.82) is 0 Å². The Hall–Kier alpha value is -1.82. The fourth-order valence-electron chi connectivity index (χ4n) is 2.20. The number of hydrogen-bond acceptors (Lipinski definition) is 4. The third kappa shape index (κ3) is 1.88. The molecule has 0 fully saturated rings. The summed E-state index contributed by atoms with van der Waals surface area (Å²) in [5.41, 5.74) is 0.766. The highest BCUT2D eigenvalue weighted by molar-refractivity contribution is 5.77. The largest absolute Gasteiger partial charge is 0.493 e. The summed E-state index contributed by atoms with van der Waals surface area (Å²) in [6.45, 7) is 0.485. The highest BCUT2D eigenvalue weighted by atomic mass is 19.1. The van der Waals surface area contributed by atoms with E-state index in [1.54, 1.807) is 6.07 Å². The van der Waals surface area contributed by atoms with Crippen LogP contribution in [0.15, 0.2) is 6.07 Å². The van der Waals surface area contributed by atoms with Crippen molar-refractivity contribution in [2.75, 3.05) is 20.8 Å². The van der Waals surface area contributed by atoms with Gasteiger partial charge in [0.15, 0.2) is 17.3 Å². The van der Waals surface area contributed by atoms with Crippen LogP contribution in [0.5, 0.6) is 11.5 Å². The van der Waals surface area contributed by atoms with Crippen LogP contribution >= 0.6 is 0 Å². The predicted molar refractivity (Wildman–Crippen MR) is 61.6 cm³/mol. The number of rotatable bonds is 3. The molecular weight excluding hydrogens is 241 g/mol. The van der Waals surface area contributed by atoms with Gasteiger partial charge in [0.25, 0.3) is 0 Å². The first-order valence-electron chi connectivity index (χ1n) is 5.49. The Labute approximate surface area is 104 Å². The van der Waals surface area contributed by atoms with Crippen molar-refractivity contribution in [1.82, 2.24) is 5.32 Å². The van der Waals surface area contributed by atoms with E-state index in [4.69, 9.17) is 14.6 Å². The van der Waals surface area contributed by atoms with Crippen molar-refractivity contribution in [2.45, 2.75) is 12.5 Å². The fraction of sp³-hybridized carbons (Fsp3) is 0.417. The van der Waals surface area contributed by atoms with Gasteiger partial charge < -0.3 is 19.9 Å². The first-order chi connectivity index (χ1) is 8.60. The predicted octanol–water partition coefficient (Wildman–Crippen LogP) is 1.11. The molecule has 0 saturated carbocycles. The lowest BCUT2D eigenvalue weighted by Gasteiger charge is -2.26. The molecule has 1 aromatic rings. The number of hydrogen-bond donors (Lipinski definition) is 2. The van der Waals surface area contributed by atoms with Crippen molar-refractivity contribution in [3.63, 3.8) is 0 Å². The number of ether oxygens (including phenoxy) is 2. The van der Waals surface area contributed by atoms with E-state index in [0.717, 1.165) is 0 Å². The van der Waals surface area contributed by atoms with Gasteiger partial charge in [0.05, 0.1) is 14.2 Å². The second kappa shape index (κ2) is 4.81. The van der Waals surface area contributed by atoms with Crippen LogP contribution in [0.25, 0.3) is 0 Å². The van der Waals surface area contributed by atoms with Crippen LogP contribution < -0.4 is 14.8 Å². The number of halogens is 1. The lowest BCUT2D eigenvalue weighted by molar-refractivity contribution is -0.139. The number of fused-ring (bicyclic) bond motifs is 1. The summed E-state index contributed by atoms with van der Waals surface area (Å²) in [5.74, 6) is -1.57. The molecule has 2 N–H and O–H groups in total. The zero-order valence-corrected chi connectivity index (χ0v) is 10.1. The van der Waals surface area contributed by atoms with Gasteiger partial charge in [0.1, 0.15) is 6.04 Å². The molecule has 1 heterocycles. The van der Waals surface area contributed by atoms with Crippen LogP contribution in [-0.4, -0.2) is 31.8 Å². The summed E-state index contributed by atoms with van der Waals surface area (Å²) in [6.07, 6.45) is 0.552. The van der Waals surface area contributed by atoms with Gasteiger partial charge in [-0.25, -0.2) is 4.39 Å². The molecule has 0 aromatic heterocycles. The molecule has 5 nitrogen and oxygen atoms in total. The first-order valence-corrected chi connectivity index (χ1v) is 5.49. The molecule has 0 aliphatic carbocycles. The van der Waals surface area contributed by atoms with E-state index in [2.05, 4.69) is 5.32 Å². The van der Waals surface area contributed by atoms with Crippen molar-refractivity contribution < 1.29 is 23.8 Å². The maximum Gasteiger partial charge on any atom is 0.325 e. The van der Waals surface area contributed by atoms with E-state index in [1.165, 1.54) is 14.2 Å². The van der Waals surface area contributed by atoms with Gasteiger partial charge in [0.2, 0.25) is 0 Å². The lowest BCUT2D eigenvalue weighted by atomic mass is 9.93. The van der Waals surface area contributed by atoms with Crippen LogP contribution in [-0.2, 0) is 11.2 Å². The maximum atomic E-state index is 14.3. The number of methoxy groups -OCH3 is 2. The molecule has 1 unspecified atom stereocenters. The number of carboxylic acids is 1. The quantitative estimate of drug-likeness (QED) is 0.847. The van der Waals surface area contributed by atoms with E-state index in [9.17, 15) is 9.18 Å². The molecule has 1 atom stereocenters. The standard InChI is InChI=1S/C12H14FNO4/c1-17-7-5-6-3-4-14-10(12(15)16)8(6)9(13)11(7)18-2/h5,10,14H,3-4H2,1-2H3,(H,15,16). The van der Waals surface area contributed by atoms with Gasteiger partial charge in [-0.1, -0.05) is 0 Å². The van der Waals surface area contributed by atoms with Crippen LogP contribution in [0.3, 0.4) is 0 Å². The molecule has 6 heteroatoms. The van der Waals surface area contributed by atoms with E-state index in [1.807, 2.05) is 0 Å². The number of carboxylic acid groups (broad SMARTS) is 1. The minimum absolute atomic E-state index is 0.0637. The Morgan fingerprint density at radius 2 is 2.22 bits per heavy atom. The number of benzene rings is 1. The molecule has 0 amide bonds. The Morgan fingerprint density at radius 3 is 2.78 bits per heavy atom. The molecule has 0 saturated heterocycles. The summed E-state index contributed by atoms with van der Waals surface area (Å²) < 4.78 is 24.3. The van der Waals surface area contributed by atoms with Crippen LogP contribution in [0, 0.1) is 5.82 Å². The van der Waals surface area contributed by atoms with Gasteiger partial charge in [-0.2, -0.15) is 0 Å². The number of aliphatic carboxylic acids is 1. The van der Waals surface area contributed by atoms with E-state index < -0.39 is 17.8 Å². The van der Waals surface area contributed by atoms with Crippen molar-refractivity contribution >= 4 is 5.97 Å². The van der Waals surface area contributed by atoms with Gasteiger partial charge in [-0.15, -0.1) is 0 Å². The minimum atomic E-state index is -1.11. The highest BCUT2D eigenvalue weighted by Gasteiger charge is 2.32. The topological polar surface area (TPSA) is 67.8 Å². The lowest BCUT2D eigenvalue weighted by Crippen LogP contribution is -2.36. The van der Waals surface area contributed by atoms with Crippen LogP contribution in [0.2, 0.25) is 0 Å².